The molecule has 1 amide bonds. The number of alkyl halides is 3. The molecule has 0 unspecified atom stereocenters. The molecule has 34 heavy (non-hydrogen) atoms. The maximum atomic E-state index is 13.4. The summed E-state index contributed by atoms with van der Waals surface area (Å²) in [5.74, 6) is 0.661. The monoisotopic (exact) mass is 501 g/mol. The number of rotatable bonds is 8. The maximum absolute atomic E-state index is 13.4. The lowest BCUT2D eigenvalue weighted by atomic mass is 9.89. The number of nitrogens with one attached hydrogen (secondary N) is 1. The van der Waals surface area contributed by atoms with Gasteiger partial charge in [-0.2, -0.15) is 17.5 Å². The minimum atomic E-state index is -4.60. The molecule has 1 aliphatic heterocycles. The van der Waals surface area contributed by atoms with Crippen LogP contribution >= 0.6 is 0 Å². The van der Waals surface area contributed by atoms with E-state index < -0.39 is 21.8 Å². The van der Waals surface area contributed by atoms with E-state index in [2.05, 4.69) is 5.32 Å². The molecule has 6 nitrogen and oxygen atoms in total. The number of sulfonamides is 1. The van der Waals surface area contributed by atoms with E-state index in [-0.39, 0.29) is 29.4 Å². The second kappa shape index (κ2) is 10.5. The highest BCUT2D eigenvalue weighted by molar-refractivity contribution is 7.89. The summed E-state index contributed by atoms with van der Waals surface area (Å²) in [5.41, 5.74) is -0.967. The van der Waals surface area contributed by atoms with Crippen LogP contribution in [0, 0.1) is 5.92 Å². The molecular formula is C24H34F3N3O3S. The van der Waals surface area contributed by atoms with Crippen LogP contribution in [0.4, 0.5) is 13.2 Å². The van der Waals surface area contributed by atoms with Gasteiger partial charge < -0.3 is 10.2 Å². The molecule has 3 fully saturated rings. The van der Waals surface area contributed by atoms with Gasteiger partial charge in [-0.15, -0.1) is 0 Å². The van der Waals surface area contributed by atoms with Gasteiger partial charge in [-0.1, -0.05) is 25.3 Å². The molecule has 1 N–H and O–H groups in total. The number of piperidine rings is 1. The van der Waals surface area contributed by atoms with Crippen LogP contribution in [0.15, 0.2) is 29.2 Å². The van der Waals surface area contributed by atoms with Crippen molar-refractivity contribution in [3.05, 3.63) is 29.8 Å². The lowest BCUT2D eigenvalue weighted by molar-refractivity contribution is -0.137. The molecule has 1 aromatic rings. The molecule has 4 rings (SSSR count). The molecule has 0 aromatic heterocycles. The molecule has 1 heterocycles. The summed E-state index contributed by atoms with van der Waals surface area (Å²) in [7, 11) is -4.07. The quantitative estimate of drug-likeness (QED) is 0.584. The van der Waals surface area contributed by atoms with Crippen molar-refractivity contribution < 1.29 is 26.4 Å². The first-order valence-corrected chi connectivity index (χ1v) is 13.8. The molecular weight excluding hydrogens is 467 g/mol. The van der Waals surface area contributed by atoms with Gasteiger partial charge in [-0.25, -0.2) is 8.42 Å². The summed E-state index contributed by atoms with van der Waals surface area (Å²) in [6.45, 7) is 2.05. The van der Waals surface area contributed by atoms with Crippen molar-refractivity contribution in [1.82, 2.24) is 14.5 Å². The first-order valence-electron chi connectivity index (χ1n) is 12.4. The average molecular weight is 502 g/mol. The van der Waals surface area contributed by atoms with Gasteiger partial charge in [-0.3, -0.25) is 4.79 Å². The Labute approximate surface area is 199 Å². The number of carbonyl (C=O) groups excluding carboxylic acids is 1. The van der Waals surface area contributed by atoms with Crippen LogP contribution in [0.3, 0.4) is 0 Å². The van der Waals surface area contributed by atoms with E-state index in [0.29, 0.717) is 44.7 Å². The maximum Gasteiger partial charge on any atom is 0.416 e. The third-order valence-electron chi connectivity index (χ3n) is 7.25. The number of hydrogen-bond acceptors (Lipinski definition) is 4. The van der Waals surface area contributed by atoms with E-state index in [1.54, 1.807) is 4.90 Å². The summed E-state index contributed by atoms with van der Waals surface area (Å²) >= 11 is 0. The lowest BCUT2D eigenvalue weighted by Gasteiger charge is -2.38. The van der Waals surface area contributed by atoms with Gasteiger partial charge in [-0.05, 0) is 69.2 Å². The Bertz CT molecular complexity index is 952. The van der Waals surface area contributed by atoms with Gasteiger partial charge in [0.15, 0.2) is 0 Å². The second-order valence-corrected chi connectivity index (χ2v) is 11.7. The Morgan fingerprint density at radius 1 is 1.00 bits per heavy atom. The van der Waals surface area contributed by atoms with Crippen molar-refractivity contribution in [2.45, 2.75) is 80.9 Å². The lowest BCUT2D eigenvalue weighted by Crippen LogP contribution is -2.51. The Morgan fingerprint density at radius 2 is 1.65 bits per heavy atom. The van der Waals surface area contributed by atoms with E-state index in [4.69, 9.17) is 0 Å². The molecule has 190 valence electrons. The number of halogens is 3. The molecule has 2 aliphatic carbocycles. The van der Waals surface area contributed by atoms with Crippen LogP contribution in [-0.2, 0) is 21.0 Å². The van der Waals surface area contributed by atoms with E-state index in [1.807, 2.05) is 0 Å². The van der Waals surface area contributed by atoms with Crippen LogP contribution < -0.4 is 5.32 Å². The Hall–Kier alpha value is -1.65. The highest BCUT2D eigenvalue weighted by Crippen LogP contribution is 2.38. The van der Waals surface area contributed by atoms with Crippen molar-refractivity contribution in [2.24, 2.45) is 5.92 Å². The third-order valence-corrected chi connectivity index (χ3v) is 9.26. The number of amides is 1. The summed E-state index contributed by atoms with van der Waals surface area (Å²) < 4.78 is 67.6. The fourth-order valence-corrected chi connectivity index (χ4v) is 7.21. The molecule has 0 bridgehead atoms. The topological polar surface area (TPSA) is 69.7 Å². The largest absolute Gasteiger partial charge is 0.416 e. The molecule has 2 saturated carbocycles. The van der Waals surface area contributed by atoms with Gasteiger partial charge in [0.05, 0.1) is 17.0 Å². The van der Waals surface area contributed by atoms with E-state index in [0.717, 1.165) is 24.7 Å². The summed E-state index contributed by atoms with van der Waals surface area (Å²) in [6.07, 6.45) is 4.03. The van der Waals surface area contributed by atoms with Gasteiger partial charge in [0.2, 0.25) is 15.9 Å². The van der Waals surface area contributed by atoms with Gasteiger partial charge in [0, 0.05) is 25.2 Å². The van der Waals surface area contributed by atoms with Crippen LogP contribution in [0.1, 0.15) is 63.4 Å². The molecule has 0 spiro atoms. The molecule has 1 aromatic carbocycles. The SMILES string of the molecule is O=C(CNCC1CCCCC1)N1CCC(N(C2CC2)S(=O)(=O)c2cccc(C(F)(F)F)c2)CC1. The predicted octanol–water partition coefficient (Wildman–Crippen LogP) is 4.02. The Morgan fingerprint density at radius 3 is 2.26 bits per heavy atom. The summed E-state index contributed by atoms with van der Waals surface area (Å²) in [4.78, 5) is 14.1. The zero-order valence-electron chi connectivity index (χ0n) is 19.4. The number of benzene rings is 1. The first kappa shape index (κ1) is 25.4. The van der Waals surface area contributed by atoms with Crippen molar-refractivity contribution in [3.63, 3.8) is 0 Å². The van der Waals surface area contributed by atoms with E-state index >= 15 is 0 Å². The van der Waals surface area contributed by atoms with E-state index in [9.17, 15) is 26.4 Å². The first-order chi connectivity index (χ1) is 16.2. The van der Waals surface area contributed by atoms with E-state index in [1.165, 1.54) is 42.5 Å². The fourth-order valence-electron chi connectivity index (χ4n) is 5.23. The highest BCUT2D eigenvalue weighted by Gasteiger charge is 2.44. The van der Waals surface area contributed by atoms with Crippen LogP contribution in [0.25, 0.3) is 0 Å². The zero-order valence-corrected chi connectivity index (χ0v) is 20.2. The fraction of sp³-hybridized carbons (Fsp3) is 0.708. The standard InChI is InChI=1S/C24H34F3N3O3S/c25-24(26,27)19-7-4-8-22(15-19)34(32,33)30(20-9-10-20)21-11-13-29(14-12-21)23(31)17-28-16-18-5-2-1-3-6-18/h4,7-8,15,18,20-21,28H,1-3,5-6,9-14,16-17H2. The van der Waals surface area contributed by atoms with Crippen LogP contribution in [-0.4, -0.2) is 61.8 Å². The summed E-state index contributed by atoms with van der Waals surface area (Å²) in [6, 6.07) is 3.49. The number of likely N-dealkylation sites (tertiary alicyclic amines) is 1. The number of hydrogen-bond donors (Lipinski definition) is 1. The smallest absolute Gasteiger partial charge is 0.341 e. The van der Waals surface area contributed by atoms with Gasteiger partial charge in [0.25, 0.3) is 0 Å². The van der Waals surface area contributed by atoms with Gasteiger partial charge in [0.1, 0.15) is 0 Å². The summed E-state index contributed by atoms with van der Waals surface area (Å²) in [5, 5.41) is 3.29. The normalized spacial score (nSPS) is 21.2. The van der Waals surface area contributed by atoms with Crippen molar-refractivity contribution in [1.29, 1.82) is 0 Å². The minimum Gasteiger partial charge on any atom is -0.341 e. The Balaban J connectivity index is 1.35. The van der Waals surface area contributed by atoms with Gasteiger partial charge >= 0.3 is 6.18 Å². The second-order valence-electron chi connectivity index (χ2n) is 9.84. The highest BCUT2D eigenvalue weighted by atomic mass is 32.2. The molecule has 0 atom stereocenters. The molecule has 10 heteroatoms. The van der Waals surface area contributed by atoms with Crippen molar-refractivity contribution in [3.8, 4) is 0 Å². The molecule has 1 saturated heterocycles. The van der Waals surface area contributed by atoms with Crippen LogP contribution in [0.2, 0.25) is 0 Å². The zero-order chi connectivity index (χ0) is 24.3. The van der Waals surface area contributed by atoms with Crippen molar-refractivity contribution in [2.75, 3.05) is 26.2 Å². The number of nitrogens with zero attached hydrogens (tertiary/aromatic N) is 2. The van der Waals surface area contributed by atoms with Crippen LogP contribution in [0.5, 0.6) is 0 Å². The third kappa shape index (κ3) is 6.12. The molecule has 3 aliphatic rings. The predicted molar refractivity (Wildman–Crippen MR) is 123 cm³/mol. The van der Waals surface area contributed by atoms with Crippen molar-refractivity contribution >= 4 is 15.9 Å². The average Bonchev–Trinajstić information content (AvgIpc) is 3.64. The molecule has 0 radical (unpaired) electrons. The number of carbonyl (C=O) groups is 1. The Kier molecular flexibility index (Phi) is 7.89. The minimum absolute atomic E-state index is 0.0213.